The first-order valence-corrected chi connectivity index (χ1v) is 10.1. The van der Waals surface area contributed by atoms with E-state index < -0.39 is 21.8 Å². The van der Waals surface area contributed by atoms with Crippen LogP contribution >= 0.6 is 0 Å². The van der Waals surface area contributed by atoms with Gasteiger partial charge in [-0.15, -0.1) is 0 Å². The predicted molar refractivity (Wildman–Crippen MR) is 83.8 cm³/mol. The van der Waals surface area contributed by atoms with Crippen molar-refractivity contribution in [1.29, 1.82) is 0 Å². The average Bonchev–Trinajstić information content (AvgIpc) is 3.06. The molecule has 4 atom stereocenters. The van der Waals surface area contributed by atoms with Crippen LogP contribution in [0.4, 0.5) is 4.79 Å². The van der Waals surface area contributed by atoms with Gasteiger partial charge in [0.05, 0.1) is 11.5 Å². The van der Waals surface area contributed by atoms with Crippen LogP contribution in [-0.4, -0.2) is 72.0 Å². The molecule has 7 nitrogen and oxygen atoms in total. The Morgan fingerprint density at radius 3 is 2.48 bits per heavy atom. The summed E-state index contributed by atoms with van der Waals surface area (Å²) in [4.78, 5) is 27.5. The minimum Gasteiger partial charge on any atom is -0.480 e. The van der Waals surface area contributed by atoms with Crippen molar-refractivity contribution in [3.05, 3.63) is 0 Å². The lowest BCUT2D eigenvalue weighted by Gasteiger charge is -2.37. The first-order valence-electron chi connectivity index (χ1n) is 8.28. The number of amides is 2. The van der Waals surface area contributed by atoms with Gasteiger partial charge in [0.25, 0.3) is 0 Å². The van der Waals surface area contributed by atoms with Gasteiger partial charge in [-0.05, 0) is 31.6 Å². The van der Waals surface area contributed by atoms with Crippen LogP contribution in [0.5, 0.6) is 0 Å². The van der Waals surface area contributed by atoms with E-state index in [-0.39, 0.29) is 35.5 Å². The molecule has 130 valence electrons. The number of aliphatic carboxylic acids is 1. The summed E-state index contributed by atoms with van der Waals surface area (Å²) in [6.45, 7) is 0. The predicted octanol–water partition coefficient (Wildman–Crippen LogP) is 0.943. The second-order valence-electron chi connectivity index (χ2n) is 7.06. The second kappa shape index (κ2) is 5.96. The van der Waals surface area contributed by atoms with Crippen LogP contribution in [0.3, 0.4) is 0 Å². The van der Waals surface area contributed by atoms with Crippen LogP contribution in [0.2, 0.25) is 0 Å². The Balaban J connectivity index is 1.79. The molecule has 1 unspecified atom stereocenters. The fourth-order valence-electron chi connectivity index (χ4n) is 4.37. The summed E-state index contributed by atoms with van der Waals surface area (Å²) in [5.41, 5.74) is 0. The number of carbonyl (C=O) groups excluding carboxylic acids is 1. The summed E-state index contributed by atoms with van der Waals surface area (Å²) >= 11 is 0. The van der Waals surface area contributed by atoms with Crippen molar-refractivity contribution in [2.24, 2.45) is 5.92 Å². The number of urea groups is 1. The van der Waals surface area contributed by atoms with Crippen LogP contribution in [0.25, 0.3) is 0 Å². The lowest BCUT2D eigenvalue weighted by atomic mass is 9.85. The summed E-state index contributed by atoms with van der Waals surface area (Å²) in [5.74, 6) is -0.617. The van der Waals surface area contributed by atoms with Crippen LogP contribution < -0.4 is 0 Å². The first-order chi connectivity index (χ1) is 10.8. The maximum absolute atomic E-state index is 12.9. The highest BCUT2D eigenvalue weighted by atomic mass is 32.2. The molecule has 3 rings (SSSR count). The molecule has 2 aliphatic heterocycles. The standard InChI is InChI=1S/C15H24N2O5S/c1-16(11-6-7-23(21,22)9-11)15(20)17-12-5-3-2-4-10(12)8-13(17)14(18)19/h10-13H,2-9H2,1H3,(H,18,19)/t10-,11?,12-,13-/m0/s1. The molecule has 2 saturated heterocycles. The number of hydrogen-bond donors (Lipinski definition) is 1. The largest absolute Gasteiger partial charge is 0.480 e. The molecule has 23 heavy (non-hydrogen) atoms. The lowest BCUT2D eigenvalue weighted by molar-refractivity contribution is -0.141. The highest BCUT2D eigenvalue weighted by Crippen LogP contribution is 2.40. The maximum atomic E-state index is 12.9. The molecule has 1 saturated carbocycles. The zero-order valence-electron chi connectivity index (χ0n) is 13.3. The van der Waals surface area contributed by atoms with Crippen molar-refractivity contribution in [1.82, 2.24) is 9.80 Å². The molecular formula is C15H24N2O5S. The zero-order valence-corrected chi connectivity index (χ0v) is 14.2. The van der Waals surface area contributed by atoms with E-state index in [1.165, 1.54) is 9.80 Å². The highest BCUT2D eigenvalue weighted by Gasteiger charge is 2.49. The quantitative estimate of drug-likeness (QED) is 0.804. The van der Waals surface area contributed by atoms with E-state index in [1.54, 1.807) is 7.05 Å². The Morgan fingerprint density at radius 1 is 1.17 bits per heavy atom. The van der Waals surface area contributed by atoms with Crippen LogP contribution in [0, 0.1) is 5.92 Å². The van der Waals surface area contributed by atoms with Gasteiger partial charge < -0.3 is 14.9 Å². The van der Waals surface area contributed by atoms with Crippen LogP contribution in [0.1, 0.15) is 38.5 Å². The minimum absolute atomic E-state index is 0.0159. The van der Waals surface area contributed by atoms with Gasteiger partial charge in [-0.1, -0.05) is 12.8 Å². The lowest BCUT2D eigenvalue weighted by Crippen LogP contribution is -2.53. The van der Waals surface area contributed by atoms with Crippen molar-refractivity contribution >= 4 is 21.8 Å². The van der Waals surface area contributed by atoms with Crippen LogP contribution in [0.15, 0.2) is 0 Å². The van der Waals surface area contributed by atoms with Crippen molar-refractivity contribution in [2.75, 3.05) is 18.6 Å². The number of carboxylic acid groups (broad SMARTS) is 1. The molecule has 0 bridgehead atoms. The third-order valence-corrected chi connectivity index (χ3v) is 7.40. The molecule has 0 aromatic heterocycles. The summed E-state index contributed by atoms with van der Waals surface area (Å²) in [6, 6.07) is -1.47. The smallest absolute Gasteiger partial charge is 0.326 e. The fourth-order valence-corrected chi connectivity index (χ4v) is 6.15. The van der Waals surface area contributed by atoms with Gasteiger partial charge in [-0.2, -0.15) is 0 Å². The Hall–Kier alpha value is -1.31. The van der Waals surface area contributed by atoms with E-state index in [9.17, 15) is 23.1 Å². The van der Waals surface area contributed by atoms with Crippen LogP contribution in [-0.2, 0) is 14.6 Å². The van der Waals surface area contributed by atoms with Gasteiger partial charge in [-0.3, -0.25) is 0 Å². The van der Waals surface area contributed by atoms with E-state index in [2.05, 4.69) is 0 Å². The third kappa shape index (κ3) is 3.05. The van der Waals surface area contributed by atoms with E-state index in [0.29, 0.717) is 12.8 Å². The summed E-state index contributed by atoms with van der Waals surface area (Å²) < 4.78 is 23.3. The molecule has 3 fully saturated rings. The number of carbonyl (C=O) groups is 2. The van der Waals surface area contributed by atoms with Crippen molar-refractivity contribution < 1.29 is 23.1 Å². The SMILES string of the molecule is CN(C(=O)N1[C@H](C(=O)O)C[C@@H]2CCCC[C@@H]21)C1CCS(=O)(=O)C1. The molecule has 0 aromatic carbocycles. The molecule has 0 spiro atoms. The summed E-state index contributed by atoms with van der Waals surface area (Å²) in [7, 11) is -1.48. The first kappa shape index (κ1) is 16.5. The maximum Gasteiger partial charge on any atom is 0.326 e. The van der Waals surface area contributed by atoms with Crippen molar-refractivity contribution in [3.8, 4) is 0 Å². The van der Waals surface area contributed by atoms with E-state index in [1.807, 2.05) is 0 Å². The Morgan fingerprint density at radius 2 is 1.87 bits per heavy atom. The van der Waals surface area contributed by atoms with E-state index in [4.69, 9.17) is 0 Å². The molecule has 0 radical (unpaired) electrons. The van der Waals surface area contributed by atoms with Crippen molar-refractivity contribution in [2.45, 2.75) is 56.7 Å². The number of nitrogens with zero attached hydrogens (tertiary/aromatic N) is 2. The Kier molecular flexibility index (Phi) is 4.29. The van der Waals surface area contributed by atoms with Gasteiger partial charge in [-0.25, -0.2) is 18.0 Å². The molecule has 3 aliphatic rings. The van der Waals surface area contributed by atoms with E-state index in [0.717, 1.165) is 25.7 Å². The monoisotopic (exact) mass is 344 g/mol. The molecular weight excluding hydrogens is 320 g/mol. The van der Waals surface area contributed by atoms with Gasteiger partial charge in [0.15, 0.2) is 9.84 Å². The molecule has 2 heterocycles. The highest BCUT2D eigenvalue weighted by molar-refractivity contribution is 7.91. The van der Waals surface area contributed by atoms with Gasteiger partial charge in [0.2, 0.25) is 0 Å². The molecule has 1 N–H and O–H groups in total. The summed E-state index contributed by atoms with van der Waals surface area (Å²) in [6.07, 6.45) is 4.87. The topological polar surface area (TPSA) is 95.0 Å². The number of hydrogen-bond acceptors (Lipinski definition) is 4. The Labute approximate surface area is 136 Å². The normalized spacial score (nSPS) is 35.8. The van der Waals surface area contributed by atoms with Gasteiger partial charge >= 0.3 is 12.0 Å². The average molecular weight is 344 g/mol. The molecule has 2 amide bonds. The summed E-state index contributed by atoms with van der Waals surface area (Å²) in [5, 5.41) is 9.50. The third-order valence-electron chi connectivity index (χ3n) is 5.65. The molecule has 0 aromatic rings. The van der Waals surface area contributed by atoms with Gasteiger partial charge in [0, 0.05) is 19.1 Å². The Bertz CT molecular complexity index is 605. The number of fused-ring (bicyclic) bond motifs is 1. The zero-order chi connectivity index (χ0) is 16.8. The number of sulfone groups is 1. The minimum atomic E-state index is -3.08. The van der Waals surface area contributed by atoms with Crippen molar-refractivity contribution in [3.63, 3.8) is 0 Å². The number of carboxylic acids is 1. The second-order valence-corrected chi connectivity index (χ2v) is 9.29. The van der Waals surface area contributed by atoms with E-state index >= 15 is 0 Å². The molecule has 8 heteroatoms. The molecule has 1 aliphatic carbocycles. The fraction of sp³-hybridized carbons (Fsp3) is 0.867. The van der Waals surface area contributed by atoms with Gasteiger partial charge in [0.1, 0.15) is 6.04 Å². The number of rotatable bonds is 2. The number of likely N-dealkylation sites (tertiary alicyclic amines) is 1.